The molecule has 24 heavy (non-hydrogen) atoms. The van der Waals surface area contributed by atoms with Gasteiger partial charge in [0.2, 0.25) is 5.91 Å². The topological polar surface area (TPSA) is 67.4 Å². The molecule has 0 unspecified atom stereocenters. The van der Waals surface area contributed by atoms with Crippen molar-refractivity contribution in [3.8, 4) is 0 Å². The monoisotopic (exact) mass is 350 g/mol. The van der Waals surface area contributed by atoms with E-state index in [0.717, 1.165) is 49.3 Å². The number of amides is 2. The van der Waals surface area contributed by atoms with E-state index in [4.69, 9.17) is 4.74 Å². The van der Waals surface area contributed by atoms with Crippen LogP contribution < -0.4 is 10.6 Å². The molecular formula is C18H26N2O3S. The fourth-order valence-electron chi connectivity index (χ4n) is 3.38. The van der Waals surface area contributed by atoms with Crippen LogP contribution in [0.15, 0.2) is 0 Å². The molecule has 5 nitrogen and oxygen atoms in total. The predicted octanol–water partition coefficient (Wildman–Crippen LogP) is 3.13. The molecule has 1 aliphatic heterocycles. The summed E-state index contributed by atoms with van der Waals surface area (Å²) in [6, 6.07) is 0. The third-order valence-electron chi connectivity index (χ3n) is 4.51. The number of carbonyl (C=O) groups is 2. The largest absolute Gasteiger partial charge is 0.376 e. The lowest BCUT2D eigenvalue weighted by Crippen LogP contribution is -2.32. The first-order valence-electron chi connectivity index (χ1n) is 8.88. The van der Waals surface area contributed by atoms with Gasteiger partial charge in [0.25, 0.3) is 5.91 Å². The standard InChI is InChI=1S/C18H26N2O3S/c1-11(2)9-15(21)20-18-16(13-6-3-7-14(13)24-18)17(22)19-10-12-5-4-8-23-12/h11-12H,3-10H2,1-2H3,(H,19,22)(H,20,21)/t12-/m1/s1. The highest BCUT2D eigenvalue weighted by Crippen LogP contribution is 2.39. The molecule has 1 saturated heterocycles. The molecular weight excluding hydrogens is 324 g/mol. The second kappa shape index (κ2) is 7.66. The van der Waals surface area contributed by atoms with Crippen LogP contribution in [0.2, 0.25) is 0 Å². The van der Waals surface area contributed by atoms with Crippen LogP contribution in [-0.2, 0) is 22.4 Å². The van der Waals surface area contributed by atoms with Crippen molar-refractivity contribution < 1.29 is 14.3 Å². The molecule has 1 aromatic rings. The maximum absolute atomic E-state index is 12.7. The number of thiophene rings is 1. The maximum Gasteiger partial charge on any atom is 0.254 e. The zero-order chi connectivity index (χ0) is 17.1. The molecule has 1 aromatic heterocycles. The van der Waals surface area contributed by atoms with E-state index in [1.165, 1.54) is 4.88 Å². The Morgan fingerprint density at radius 2 is 2.12 bits per heavy atom. The average Bonchev–Trinajstić information content (AvgIpc) is 3.20. The summed E-state index contributed by atoms with van der Waals surface area (Å²) in [5.74, 6) is 0.205. The second-order valence-corrected chi connectivity index (χ2v) is 8.16. The smallest absolute Gasteiger partial charge is 0.254 e. The number of rotatable bonds is 6. The highest BCUT2D eigenvalue weighted by Gasteiger charge is 2.28. The molecule has 1 fully saturated rings. The number of ether oxygens (including phenoxy) is 1. The second-order valence-electron chi connectivity index (χ2n) is 7.05. The summed E-state index contributed by atoms with van der Waals surface area (Å²) in [7, 11) is 0. The van der Waals surface area contributed by atoms with Crippen LogP contribution in [0.1, 0.15) is 60.3 Å². The van der Waals surface area contributed by atoms with Crippen LogP contribution in [0.4, 0.5) is 5.00 Å². The van der Waals surface area contributed by atoms with E-state index in [9.17, 15) is 9.59 Å². The summed E-state index contributed by atoms with van der Waals surface area (Å²) in [5, 5.41) is 6.69. The molecule has 0 aromatic carbocycles. The van der Waals surface area contributed by atoms with E-state index in [2.05, 4.69) is 10.6 Å². The molecule has 3 rings (SSSR count). The Hall–Kier alpha value is -1.40. The maximum atomic E-state index is 12.7. The van der Waals surface area contributed by atoms with Gasteiger partial charge >= 0.3 is 0 Å². The number of hydrogen-bond acceptors (Lipinski definition) is 4. The number of carbonyl (C=O) groups excluding carboxylic acids is 2. The van der Waals surface area contributed by atoms with E-state index >= 15 is 0 Å². The minimum atomic E-state index is -0.0789. The quantitative estimate of drug-likeness (QED) is 0.828. The zero-order valence-electron chi connectivity index (χ0n) is 14.4. The molecule has 2 amide bonds. The fraction of sp³-hybridized carbons (Fsp3) is 0.667. The Labute approximate surface area is 147 Å². The summed E-state index contributed by atoms with van der Waals surface area (Å²) in [5.41, 5.74) is 1.81. The van der Waals surface area contributed by atoms with Crippen molar-refractivity contribution in [2.24, 2.45) is 5.92 Å². The van der Waals surface area contributed by atoms with Gasteiger partial charge in [-0.2, -0.15) is 0 Å². The lowest BCUT2D eigenvalue weighted by molar-refractivity contribution is -0.116. The summed E-state index contributed by atoms with van der Waals surface area (Å²) < 4.78 is 5.57. The zero-order valence-corrected chi connectivity index (χ0v) is 15.3. The first kappa shape index (κ1) is 17.4. The van der Waals surface area contributed by atoms with Crippen molar-refractivity contribution in [1.82, 2.24) is 5.32 Å². The molecule has 2 heterocycles. The fourth-order valence-corrected chi connectivity index (χ4v) is 4.68. The van der Waals surface area contributed by atoms with Crippen molar-refractivity contribution >= 4 is 28.2 Å². The van der Waals surface area contributed by atoms with Gasteiger partial charge in [-0.1, -0.05) is 13.8 Å². The minimum Gasteiger partial charge on any atom is -0.376 e. The van der Waals surface area contributed by atoms with Gasteiger partial charge in [0.1, 0.15) is 5.00 Å². The highest BCUT2D eigenvalue weighted by atomic mass is 32.1. The SMILES string of the molecule is CC(C)CC(=O)Nc1sc2c(c1C(=O)NC[C@H]1CCCO1)CCC2. The number of anilines is 1. The number of fused-ring (bicyclic) bond motifs is 1. The number of nitrogens with one attached hydrogen (secondary N) is 2. The van der Waals surface area contributed by atoms with E-state index in [-0.39, 0.29) is 17.9 Å². The van der Waals surface area contributed by atoms with Gasteiger partial charge in [-0.25, -0.2) is 0 Å². The summed E-state index contributed by atoms with van der Waals surface area (Å²) in [4.78, 5) is 26.1. The Kier molecular flexibility index (Phi) is 5.56. The molecule has 2 N–H and O–H groups in total. The summed E-state index contributed by atoms with van der Waals surface area (Å²) in [6.07, 6.45) is 5.68. The molecule has 0 spiro atoms. The first-order valence-corrected chi connectivity index (χ1v) is 9.70. The van der Waals surface area contributed by atoms with Crippen LogP contribution in [0, 0.1) is 5.92 Å². The normalized spacial score (nSPS) is 19.5. The third-order valence-corrected chi connectivity index (χ3v) is 5.72. The Morgan fingerprint density at radius 3 is 2.83 bits per heavy atom. The summed E-state index contributed by atoms with van der Waals surface area (Å²) >= 11 is 1.57. The Morgan fingerprint density at radius 1 is 1.29 bits per heavy atom. The van der Waals surface area contributed by atoms with E-state index in [1.54, 1.807) is 11.3 Å². The predicted molar refractivity (Wildman–Crippen MR) is 95.7 cm³/mol. The molecule has 1 aliphatic carbocycles. The van der Waals surface area contributed by atoms with Crippen molar-refractivity contribution in [2.45, 2.75) is 58.5 Å². The van der Waals surface area contributed by atoms with Crippen molar-refractivity contribution in [2.75, 3.05) is 18.5 Å². The van der Waals surface area contributed by atoms with Gasteiger partial charge in [0, 0.05) is 24.4 Å². The molecule has 1 atom stereocenters. The van der Waals surface area contributed by atoms with Gasteiger partial charge in [0.05, 0.1) is 11.7 Å². The van der Waals surface area contributed by atoms with Gasteiger partial charge < -0.3 is 15.4 Å². The summed E-state index contributed by atoms with van der Waals surface area (Å²) in [6.45, 7) is 5.36. The molecule has 6 heteroatoms. The van der Waals surface area contributed by atoms with Crippen LogP contribution >= 0.6 is 11.3 Å². The highest BCUT2D eigenvalue weighted by molar-refractivity contribution is 7.17. The van der Waals surface area contributed by atoms with Crippen LogP contribution in [0.25, 0.3) is 0 Å². The minimum absolute atomic E-state index is 0.0156. The lowest BCUT2D eigenvalue weighted by Gasteiger charge is -2.13. The van der Waals surface area contributed by atoms with Gasteiger partial charge in [0.15, 0.2) is 0 Å². The molecule has 0 saturated carbocycles. The first-order chi connectivity index (χ1) is 11.5. The number of hydrogen-bond donors (Lipinski definition) is 2. The number of aryl methyl sites for hydroxylation is 1. The Bertz CT molecular complexity index is 618. The molecule has 2 aliphatic rings. The molecule has 132 valence electrons. The van der Waals surface area contributed by atoms with Gasteiger partial charge in [-0.3, -0.25) is 9.59 Å². The Balaban J connectivity index is 1.72. The van der Waals surface area contributed by atoms with E-state index in [1.807, 2.05) is 13.8 Å². The lowest BCUT2D eigenvalue weighted by atomic mass is 10.1. The molecule has 0 bridgehead atoms. The van der Waals surface area contributed by atoms with Crippen molar-refractivity contribution in [3.63, 3.8) is 0 Å². The molecule has 0 radical (unpaired) electrons. The van der Waals surface area contributed by atoms with E-state index in [0.29, 0.717) is 24.4 Å². The van der Waals surface area contributed by atoms with Crippen LogP contribution in [0.3, 0.4) is 0 Å². The van der Waals surface area contributed by atoms with Crippen molar-refractivity contribution in [1.29, 1.82) is 0 Å². The van der Waals surface area contributed by atoms with Crippen LogP contribution in [-0.4, -0.2) is 31.1 Å². The third kappa shape index (κ3) is 3.98. The van der Waals surface area contributed by atoms with Gasteiger partial charge in [-0.15, -0.1) is 11.3 Å². The van der Waals surface area contributed by atoms with Crippen molar-refractivity contribution in [3.05, 3.63) is 16.0 Å². The van der Waals surface area contributed by atoms with Crippen LogP contribution in [0.5, 0.6) is 0 Å². The average molecular weight is 350 g/mol. The van der Waals surface area contributed by atoms with Gasteiger partial charge in [-0.05, 0) is 43.6 Å². The van der Waals surface area contributed by atoms with E-state index < -0.39 is 0 Å².